The van der Waals surface area contributed by atoms with Crippen molar-refractivity contribution >= 4 is 10.9 Å². The average molecular weight is 287 g/mol. The van der Waals surface area contributed by atoms with E-state index in [1.165, 1.54) is 0 Å². The second kappa shape index (κ2) is 5.58. The van der Waals surface area contributed by atoms with Gasteiger partial charge in [-0.2, -0.15) is 0 Å². The molecule has 1 aromatic carbocycles. The average Bonchev–Trinajstić information content (AvgIpc) is 2.48. The largest absolute Gasteiger partial charge is 0.392 e. The van der Waals surface area contributed by atoms with Crippen LogP contribution in [-0.4, -0.2) is 38.8 Å². The number of hydrogen-bond acceptors (Lipinski definition) is 4. The number of rotatable bonds is 2. The van der Waals surface area contributed by atoms with Gasteiger partial charge in [0.15, 0.2) is 0 Å². The van der Waals surface area contributed by atoms with Gasteiger partial charge in [-0.25, -0.2) is 4.98 Å². The smallest absolute Gasteiger partial charge is 0.261 e. The predicted molar refractivity (Wildman–Crippen MR) is 82.0 cm³/mol. The summed E-state index contributed by atoms with van der Waals surface area (Å²) in [6.45, 7) is 4.25. The highest BCUT2D eigenvalue weighted by molar-refractivity contribution is 5.77. The van der Waals surface area contributed by atoms with Gasteiger partial charge < -0.3 is 5.11 Å². The summed E-state index contributed by atoms with van der Waals surface area (Å²) in [5.74, 6) is 1.09. The lowest BCUT2D eigenvalue weighted by molar-refractivity contribution is 0.0245. The van der Waals surface area contributed by atoms with E-state index in [1.807, 2.05) is 18.2 Å². The summed E-state index contributed by atoms with van der Waals surface area (Å²) in [5, 5.41) is 10.6. The fraction of sp³-hybridized carbons (Fsp3) is 0.500. The predicted octanol–water partition coefficient (Wildman–Crippen LogP) is 1.14. The van der Waals surface area contributed by atoms with Crippen LogP contribution in [0.15, 0.2) is 29.1 Å². The molecule has 112 valence electrons. The molecule has 0 radical (unpaired) electrons. The summed E-state index contributed by atoms with van der Waals surface area (Å²) < 4.78 is 1.62. The number of aromatic nitrogens is 2. The molecule has 2 aromatic rings. The van der Waals surface area contributed by atoms with Gasteiger partial charge in [-0.3, -0.25) is 14.3 Å². The quantitative estimate of drug-likeness (QED) is 0.900. The molecule has 0 saturated carbocycles. The van der Waals surface area contributed by atoms with Crippen LogP contribution in [0.4, 0.5) is 0 Å². The Kier molecular flexibility index (Phi) is 3.78. The molecular weight excluding hydrogens is 266 g/mol. The lowest BCUT2D eigenvalue weighted by Gasteiger charge is -2.34. The van der Waals surface area contributed by atoms with Crippen LogP contribution in [0.3, 0.4) is 0 Å². The van der Waals surface area contributed by atoms with Crippen molar-refractivity contribution in [3.05, 3.63) is 40.4 Å². The van der Waals surface area contributed by atoms with Crippen molar-refractivity contribution in [2.24, 2.45) is 13.0 Å². The molecule has 0 unspecified atom stereocenters. The van der Waals surface area contributed by atoms with Gasteiger partial charge in [0, 0.05) is 13.6 Å². The van der Waals surface area contributed by atoms with Crippen LogP contribution in [0.5, 0.6) is 0 Å². The van der Waals surface area contributed by atoms with Crippen LogP contribution >= 0.6 is 0 Å². The molecule has 2 heterocycles. The summed E-state index contributed by atoms with van der Waals surface area (Å²) in [6, 6.07) is 7.42. The highest BCUT2D eigenvalue weighted by Crippen LogP contribution is 2.18. The summed E-state index contributed by atoms with van der Waals surface area (Å²) in [6.07, 6.45) is 0.680. The van der Waals surface area contributed by atoms with Crippen molar-refractivity contribution in [2.75, 3.05) is 13.1 Å². The molecule has 2 atom stereocenters. The van der Waals surface area contributed by atoms with Crippen molar-refractivity contribution in [3.8, 4) is 0 Å². The zero-order valence-corrected chi connectivity index (χ0v) is 12.5. The van der Waals surface area contributed by atoms with Crippen LogP contribution in [0, 0.1) is 5.92 Å². The van der Waals surface area contributed by atoms with E-state index in [0.717, 1.165) is 24.3 Å². The van der Waals surface area contributed by atoms with Crippen LogP contribution in [0.25, 0.3) is 10.9 Å². The summed E-state index contributed by atoms with van der Waals surface area (Å²) in [5.41, 5.74) is 0.725. The normalized spacial score (nSPS) is 23.6. The van der Waals surface area contributed by atoms with Gasteiger partial charge in [0.2, 0.25) is 0 Å². The van der Waals surface area contributed by atoms with Crippen molar-refractivity contribution in [1.29, 1.82) is 0 Å². The molecule has 0 amide bonds. The van der Waals surface area contributed by atoms with E-state index in [0.29, 0.717) is 24.4 Å². The minimum atomic E-state index is -0.295. The third-order valence-electron chi connectivity index (χ3n) is 4.44. The van der Waals surface area contributed by atoms with E-state index in [2.05, 4.69) is 16.8 Å². The minimum absolute atomic E-state index is 0.0125. The fourth-order valence-electron chi connectivity index (χ4n) is 2.86. The number of benzene rings is 1. The van der Waals surface area contributed by atoms with E-state index in [4.69, 9.17) is 0 Å². The zero-order chi connectivity index (χ0) is 15.0. The van der Waals surface area contributed by atoms with Crippen LogP contribution < -0.4 is 5.56 Å². The monoisotopic (exact) mass is 287 g/mol. The van der Waals surface area contributed by atoms with E-state index in [9.17, 15) is 9.90 Å². The molecule has 1 saturated heterocycles. The maximum absolute atomic E-state index is 12.4. The number of nitrogens with zero attached hydrogens (tertiary/aromatic N) is 3. The topological polar surface area (TPSA) is 58.4 Å². The molecule has 5 nitrogen and oxygen atoms in total. The van der Waals surface area contributed by atoms with Crippen molar-refractivity contribution in [2.45, 2.75) is 26.0 Å². The van der Waals surface area contributed by atoms with Crippen molar-refractivity contribution in [3.63, 3.8) is 0 Å². The fourth-order valence-corrected chi connectivity index (χ4v) is 2.86. The SMILES string of the molecule is C[C@@H]1CCN(Cc2nc3ccccc3c(=O)n2C)C[C@@H]1O. The lowest BCUT2D eigenvalue weighted by Crippen LogP contribution is -2.43. The van der Waals surface area contributed by atoms with E-state index in [-0.39, 0.29) is 11.7 Å². The van der Waals surface area contributed by atoms with Gasteiger partial charge in [-0.15, -0.1) is 0 Å². The molecule has 5 heteroatoms. The van der Waals surface area contributed by atoms with E-state index < -0.39 is 0 Å². The van der Waals surface area contributed by atoms with Crippen molar-refractivity contribution in [1.82, 2.24) is 14.5 Å². The molecule has 3 rings (SSSR count). The highest BCUT2D eigenvalue weighted by atomic mass is 16.3. The number of aliphatic hydroxyl groups is 1. The second-order valence-corrected chi connectivity index (χ2v) is 5.98. The van der Waals surface area contributed by atoms with Crippen LogP contribution in [0.2, 0.25) is 0 Å². The summed E-state index contributed by atoms with van der Waals surface area (Å²) in [4.78, 5) is 19.1. The first-order valence-corrected chi connectivity index (χ1v) is 7.41. The standard InChI is InChI=1S/C16H21N3O2/c1-11-7-8-19(9-14(11)20)10-15-17-13-6-4-3-5-12(13)16(21)18(15)2/h3-6,11,14,20H,7-10H2,1-2H3/t11-,14+/m1/s1. The minimum Gasteiger partial charge on any atom is -0.392 e. The number of piperidine rings is 1. The van der Waals surface area contributed by atoms with Gasteiger partial charge >= 0.3 is 0 Å². The molecule has 1 fully saturated rings. The summed E-state index contributed by atoms with van der Waals surface area (Å²) >= 11 is 0. The molecule has 1 aliphatic heterocycles. The Morgan fingerprint density at radius 3 is 2.90 bits per heavy atom. The van der Waals surface area contributed by atoms with Crippen LogP contribution in [-0.2, 0) is 13.6 Å². The first kappa shape index (κ1) is 14.2. The Bertz CT molecular complexity index is 710. The summed E-state index contributed by atoms with van der Waals surface area (Å²) in [7, 11) is 1.76. The van der Waals surface area contributed by atoms with Gasteiger partial charge in [-0.1, -0.05) is 19.1 Å². The number of para-hydroxylation sites is 1. The number of hydrogen-bond donors (Lipinski definition) is 1. The number of fused-ring (bicyclic) bond motifs is 1. The Morgan fingerprint density at radius 1 is 1.38 bits per heavy atom. The first-order valence-electron chi connectivity index (χ1n) is 7.41. The Morgan fingerprint density at radius 2 is 2.14 bits per heavy atom. The van der Waals surface area contributed by atoms with Gasteiger partial charge in [0.1, 0.15) is 5.82 Å². The Hall–Kier alpha value is -1.72. The zero-order valence-electron chi connectivity index (χ0n) is 12.5. The molecule has 1 aliphatic rings. The molecule has 0 spiro atoms. The molecular formula is C16H21N3O2. The van der Waals surface area contributed by atoms with E-state index >= 15 is 0 Å². The highest BCUT2D eigenvalue weighted by Gasteiger charge is 2.25. The first-order chi connectivity index (χ1) is 10.1. The molecule has 21 heavy (non-hydrogen) atoms. The maximum atomic E-state index is 12.4. The molecule has 0 aliphatic carbocycles. The molecule has 1 N–H and O–H groups in total. The van der Waals surface area contributed by atoms with Gasteiger partial charge in [0.05, 0.1) is 23.6 Å². The van der Waals surface area contributed by atoms with Gasteiger partial charge in [-0.05, 0) is 31.0 Å². The van der Waals surface area contributed by atoms with Crippen LogP contribution in [0.1, 0.15) is 19.2 Å². The number of aliphatic hydroxyl groups excluding tert-OH is 1. The lowest BCUT2D eigenvalue weighted by atomic mass is 9.96. The Labute approximate surface area is 123 Å². The maximum Gasteiger partial charge on any atom is 0.261 e. The third kappa shape index (κ3) is 2.71. The Balaban J connectivity index is 1.91. The molecule has 0 bridgehead atoms. The van der Waals surface area contributed by atoms with Gasteiger partial charge in [0.25, 0.3) is 5.56 Å². The number of likely N-dealkylation sites (tertiary alicyclic amines) is 1. The van der Waals surface area contributed by atoms with Crippen molar-refractivity contribution < 1.29 is 5.11 Å². The van der Waals surface area contributed by atoms with E-state index in [1.54, 1.807) is 17.7 Å². The third-order valence-corrected chi connectivity index (χ3v) is 4.44. The number of β-amino-alcohol motifs (C(OH)–C–C–N with tert-alkyl or cyclic N) is 1. The second-order valence-electron chi connectivity index (χ2n) is 5.98. The molecule has 1 aromatic heterocycles.